The smallest absolute Gasteiger partial charge is 0.227 e. The van der Waals surface area contributed by atoms with Gasteiger partial charge >= 0.3 is 0 Å². The second kappa shape index (κ2) is 9.81. The molecule has 0 atom stereocenters. The van der Waals surface area contributed by atoms with Crippen LogP contribution in [0.2, 0.25) is 5.02 Å². The largest absolute Gasteiger partial charge is 0.353 e. The van der Waals surface area contributed by atoms with Gasteiger partial charge in [-0.15, -0.1) is 0 Å². The van der Waals surface area contributed by atoms with Crippen LogP contribution in [-0.2, 0) is 11.2 Å². The average Bonchev–Trinajstić information content (AvgIpc) is 2.77. The molecule has 1 amide bonds. The minimum absolute atomic E-state index is 0.0203. The molecule has 0 spiro atoms. The van der Waals surface area contributed by atoms with Gasteiger partial charge in [0.2, 0.25) is 11.9 Å². The van der Waals surface area contributed by atoms with Crippen molar-refractivity contribution >= 4 is 29.3 Å². The number of hydrogen-bond acceptors (Lipinski definition) is 5. The number of nitrogens with zero attached hydrogens (tertiary/aromatic N) is 4. The molecule has 0 unspecified atom stereocenters. The summed E-state index contributed by atoms with van der Waals surface area (Å²) in [4.78, 5) is 26.0. The maximum atomic E-state index is 14.0. The third-order valence-corrected chi connectivity index (χ3v) is 6.48. The van der Waals surface area contributed by atoms with E-state index >= 15 is 0 Å². The van der Waals surface area contributed by atoms with E-state index in [1.807, 2.05) is 13.0 Å². The first-order valence-corrected chi connectivity index (χ1v) is 11.5. The van der Waals surface area contributed by atoms with Crippen LogP contribution in [0.25, 0.3) is 0 Å². The molecule has 1 saturated heterocycles. The number of anilines is 2. The first-order chi connectivity index (χ1) is 15.0. The number of aromatic nitrogens is 2. The second-order valence-electron chi connectivity index (χ2n) is 8.42. The van der Waals surface area contributed by atoms with Gasteiger partial charge in [0.1, 0.15) is 11.6 Å². The molecule has 0 radical (unpaired) electrons. The van der Waals surface area contributed by atoms with Crippen molar-refractivity contribution in [3.63, 3.8) is 0 Å². The Balaban J connectivity index is 1.36. The molecule has 1 saturated carbocycles. The lowest BCUT2D eigenvalue weighted by Gasteiger charge is -2.35. The molecule has 0 bridgehead atoms. The Labute approximate surface area is 187 Å². The van der Waals surface area contributed by atoms with Crippen LogP contribution in [0.15, 0.2) is 24.3 Å². The molecule has 31 heavy (non-hydrogen) atoms. The number of carbonyl (C=O) groups is 1. The van der Waals surface area contributed by atoms with Gasteiger partial charge in [-0.05, 0) is 31.9 Å². The second-order valence-corrected chi connectivity index (χ2v) is 8.82. The normalized spacial score (nSPS) is 17.6. The minimum Gasteiger partial charge on any atom is -0.353 e. The SMILES string of the molecule is Cc1cc(N2CCN(C(=O)Cc3c(F)cccc3Cl)CC2)nc(NC2CCCCC2)n1. The zero-order valence-electron chi connectivity index (χ0n) is 17.9. The molecular weight excluding hydrogens is 417 g/mol. The highest BCUT2D eigenvalue weighted by atomic mass is 35.5. The molecule has 1 aliphatic heterocycles. The van der Waals surface area contributed by atoms with Crippen molar-refractivity contribution in [3.05, 3.63) is 46.4 Å². The summed E-state index contributed by atoms with van der Waals surface area (Å²) < 4.78 is 14.0. The summed E-state index contributed by atoms with van der Waals surface area (Å²) in [5.41, 5.74) is 1.19. The van der Waals surface area contributed by atoms with Crippen molar-refractivity contribution in [2.45, 2.75) is 51.5 Å². The Bertz CT molecular complexity index is 906. The van der Waals surface area contributed by atoms with Crippen molar-refractivity contribution in [2.24, 2.45) is 0 Å². The predicted octanol–water partition coefficient (Wildman–Crippen LogP) is 4.21. The van der Waals surface area contributed by atoms with E-state index in [1.165, 1.54) is 38.2 Å². The van der Waals surface area contributed by atoms with E-state index in [2.05, 4.69) is 15.2 Å². The van der Waals surface area contributed by atoms with E-state index in [-0.39, 0.29) is 17.9 Å². The Hall–Kier alpha value is -2.41. The molecule has 1 aromatic heterocycles. The molecule has 6 nitrogen and oxygen atoms in total. The fourth-order valence-electron chi connectivity index (χ4n) is 4.36. The third kappa shape index (κ3) is 5.45. The molecule has 1 N–H and O–H groups in total. The number of benzene rings is 1. The highest BCUT2D eigenvalue weighted by molar-refractivity contribution is 6.31. The van der Waals surface area contributed by atoms with Gasteiger partial charge in [-0.25, -0.2) is 9.37 Å². The lowest BCUT2D eigenvalue weighted by atomic mass is 9.96. The first-order valence-electron chi connectivity index (χ1n) is 11.1. The van der Waals surface area contributed by atoms with Gasteiger partial charge in [0.05, 0.1) is 6.42 Å². The van der Waals surface area contributed by atoms with Crippen LogP contribution in [-0.4, -0.2) is 53.0 Å². The van der Waals surface area contributed by atoms with Crippen LogP contribution in [0.4, 0.5) is 16.2 Å². The van der Waals surface area contributed by atoms with Gasteiger partial charge in [0, 0.05) is 54.6 Å². The van der Waals surface area contributed by atoms with Gasteiger partial charge in [-0.1, -0.05) is 36.9 Å². The number of nitrogens with one attached hydrogen (secondary N) is 1. The summed E-state index contributed by atoms with van der Waals surface area (Å²) in [6.07, 6.45) is 6.13. The van der Waals surface area contributed by atoms with Crippen LogP contribution in [0.3, 0.4) is 0 Å². The van der Waals surface area contributed by atoms with Crippen LogP contribution >= 0.6 is 11.6 Å². The Morgan fingerprint density at radius 2 is 1.90 bits per heavy atom. The third-order valence-electron chi connectivity index (χ3n) is 6.13. The van der Waals surface area contributed by atoms with E-state index in [4.69, 9.17) is 16.6 Å². The topological polar surface area (TPSA) is 61.4 Å². The quantitative estimate of drug-likeness (QED) is 0.746. The Morgan fingerprint density at radius 1 is 1.16 bits per heavy atom. The standard InChI is InChI=1S/C23H29ClFN5O/c1-16-14-21(28-23(26-16)27-17-6-3-2-4-7-17)29-10-12-30(13-11-29)22(31)15-18-19(24)8-5-9-20(18)25/h5,8-9,14,17H,2-4,6-7,10-13,15H2,1H3,(H,26,27,28). The van der Waals surface area contributed by atoms with Crippen LogP contribution < -0.4 is 10.2 Å². The molecule has 2 fully saturated rings. The summed E-state index contributed by atoms with van der Waals surface area (Å²) >= 11 is 6.08. The molecule has 1 aromatic carbocycles. The maximum absolute atomic E-state index is 14.0. The fraction of sp³-hybridized carbons (Fsp3) is 0.522. The van der Waals surface area contributed by atoms with Gasteiger partial charge in [0.15, 0.2) is 0 Å². The first kappa shape index (κ1) is 21.8. The van der Waals surface area contributed by atoms with Crippen molar-refractivity contribution in [1.82, 2.24) is 14.9 Å². The lowest BCUT2D eigenvalue weighted by Crippen LogP contribution is -2.49. The van der Waals surface area contributed by atoms with Crippen LogP contribution in [0.1, 0.15) is 43.4 Å². The van der Waals surface area contributed by atoms with Gasteiger partial charge in [-0.3, -0.25) is 4.79 Å². The van der Waals surface area contributed by atoms with Crippen molar-refractivity contribution < 1.29 is 9.18 Å². The summed E-state index contributed by atoms with van der Waals surface area (Å²) in [7, 11) is 0. The Morgan fingerprint density at radius 3 is 2.61 bits per heavy atom. The van der Waals surface area contributed by atoms with Gasteiger partial charge < -0.3 is 15.1 Å². The Kier molecular flexibility index (Phi) is 6.90. The molecule has 8 heteroatoms. The highest BCUT2D eigenvalue weighted by Gasteiger charge is 2.24. The van der Waals surface area contributed by atoms with E-state index in [9.17, 15) is 9.18 Å². The fourth-order valence-corrected chi connectivity index (χ4v) is 4.59. The molecule has 2 aliphatic rings. The zero-order valence-corrected chi connectivity index (χ0v) is 18.7. The summed E-state index contributed by atoms with van der Waals surface area (Å²) in [6, 6.07) is 6.93. The van der Waals surface area contributed by atoms with Crippen molar-refractivity contribution in [2.75, 3.05) is 36.4 Å². The van der Waals surface area contributed by atoms with E-state index in [0.717, 1.165) is 11.5 Å². The van der Waals surface area contributed by atoms with Gasteiger partial charge in [-0.2, -0.15) is 4.98 Å². The molecule has 1 aliphatic carbocycles. The molecular formula is C23H29ClFN5O. The number of hydrogen-bond donors (Lipinski definition) is 1. The van der Waals surface area contributed by atoms with Gasteiger partial charge in [0.25, 0.3) is 0 Å². The number of carbonyl (C=O) groups excluding carboxylic acids is 1. The van der Waals surface area contributed by atoms with Crippen molar-refractivity contribution in [1.29, 1.82) is 0 Å². The molecule has 4 rings (SSSR count). The van der Waals surface area contributed by atoms with E-state index in [1.54, 1.807) is 17.0 Å². The van der Waals surface area contributed by atoms with Crippen molar-refractivity contribution in [3.8, 4) is 0 Å². The summed E-state index contributed by atoms with van der Waals surface area (Å²) in [5.74, 6) is 1.03. The predicted molar refractivity (Wildman–Crippen MR) is 121 cm³/mol. The molecule has 166 valence electrons. The average molecular weight is 446 g/mol. The number of aryl methyl sites for hydroxylation is 1. The monoisotopic (exact) mass is 445 g/mol. The zero-order chi connectivity index (χ0) is 21.8. The molecule has 2 aromatic rings. The van der Waals surface area contributed by atoms with E-state index in [0.29, 0.717) is 43.2 Å². The maximum Gasteiger partial charge on any atom is 0.227 e. The number of amides is 1. The molecule has 2 heterocycles. The minimum atomic E-state index is -0.436. The number of rotatable bonds is 5. The summed E-state index contributed by atoms with van der Waals surface area (Å²) in [5, 5.41) is 3.80. The number of piperazine rings is 1. The highest BCUT2D eigenvalue weighted by Crippen LogP contribution is 2.23. The summed E-state index contributed by atoms with van der Waals surface area (Å²) in [6.45, 7) is 4.47. The van der Waals surface area contributed by atoms with Crippen LogP contribution in [0, 0.1) is 12.7 Å². The van der Waals surface area contributed by atoms with E-state index < -0.39 is 5.82 Å². The number of halogens is 2. The lowest BCUT2D eigenvalue weighted by molar-refractivity contribution is -0.130. The van der Waals surface area contributed by atoms with Crippen LogP contribution in [0.5, 0.6) is 0 Å².